The molecule has 3 heterocycles. The van der Waals surface area contributed by atoms with E-state index in [4.69, 9.17) is 5.11 Å². The summed E-state index contributed by atoms with van der Waals surface area (Å²) in [5.74, 6) is -1.83. The summed E-state index contributed by atoms with van der Waals surface area (Å²) < 4.78 is 27.5. The first-order chi connectivity index (χ1) is 13.0. The topological polar surface area (TPSA) is 66.3 Å². The third-order valence-corrected chi connectivity index (χ3v) is 4.88. The van der Waals surface area contributed by atoms with Gasteiger partial charge in [-0.25, -0.2) is 13.8 Å². The molecule has 0 spiro atoms. The molecule has 0 aliphatic carbocycles. The third kappa shape index (κ3) is 3.45. The first-order valence-corrected chi connectivity index (χ1v) is 8.71. The molecule has 0 saturated carbocycles. The van der Waals surface area contributed by atoms with Crippen molar-refractivity contribution in [1.29, 1.82) is 0 Å². The Balaban J connectivity index is 1.78. The van der Waals surface area contributed by atoms with E-state index in [0.29, 0.717) is 48.5 Å². The number of anilines is 1. The summed E-state index contributed by atoms with van der Waals surface area (Å²) in [6.45, 7) is 1.12. The van der Waals surface area contributed by atoms with Gasteiger partial charge in [-0.1, -0.05) is 6.07 Å². The number of carbonyl (C=O) groups is 1. The lowest BCUT2D eigenvalue weighted by Crippen LogP contribution is -2.36. The van der Waals surface area contributed by atoms with Crippen LogP contribution >= 0.6 is 0 Å². The van der Waals surface area contributed by atoms with Crippen LogP contribution in [0.5, 0.6) is 0 Å². The molecule has 0 amide bonds. The van der Waals surface area contributed by atoms with Crippen molar-refractivity contribution in [1.82, 2.24) is 9.97 Å². The molecule has 1 fully saturated rings. The highest BCUT2D eigenvalue weighted by Gasteiger charge is 2.26. The summed E-state index contributed by atoms with van der Waals surface area (Å²) in [6, 6.07) is 8.83. The second-order valence-electron chi connectivity index (χ2n) is 6.66. The smallest absolute Gasteiger partial charge is 0.306 e. The van der Waals surface area contributed by atoms with E-state index in [1.807, 2.05) is 17.0 Å². The van der Waals surface area contributed by atoms with Crippen LogP contribution in [0.15, 0.2) is 42.6 Å². The highest BCUT2D eigenvalue weighted by atomic mass is 19.1. The molecule has 3 aromatic rings. The minimum absolute atomic E-state index is 0.318. The Morgan fingerprint density at radius 1 is 1.11 bits per heavy atom. The number of aromatic nitrogens is 2. The van der Waals surface area contributed by atoms with Crippen molar-refractivity contribution in [2.45, 2.75) is 12.8 Å². The zero-order valence-corrected chi connectivity index (χ0v) is 14.4. The maximum Gasteiger partial charge on any atom is 0.306 e. The van der Waals surface area contributed by atoms with Crippen molar-refractivity contribution >= 4 is 22.7 Å². The number of aliphatic carboxylic acids is 1. The van der Waals surface area contributed by atoms with Crippen LogP contribution in [-0.4, -0.2) is 34.1 Å². The van der Waals surface area contributed by atoms with Gasteiger partial charge in [0.2, 0.25) is 0 Å². The van der Waals surface area contributed by atoms with Gasteiger partial charge in [-0.2, -0.15) is 0 Å². The second-order valence-corrected chi connectivity index (χ2v) is 6.66. The summed E-state index contributed by atoms with van der Waals surface area (Å²) >= 11 is 0. The van der Waals surface area contributed by atoms with E-state index in [0.717, 1.165) is 11.5 Å². The van der Waals surface area contributed by atoms with Gasteiger partial charge in [-0.05, 0) is 37.1 Å². The highest BCUT2D eigenvalue weighted by Crippen LogP contribution is 2.31. The van der Waals surface area contributed by atoms with E-state index in [1.165, 1.54) is 12.1 Å². The van der Waals surface area contributed by atoms with Crippen LogP contribution in [0.4, 0.5) is 14.6 Å². The van der Waals surface area contributed by atoms with Gasteiger partial charge in [0.15, 0.2) is 0 Å². The normalized spacial score (nSPS) is 15.3. The maximum absolute atomic E-state index is 13.7. The average molecular weight is 369 g/mol. The lowest BCUT2D eigenvalue weighted by atomic mass is 9.97. The zero-order chi connectivity index (χ0) is 19.0. The standard InChI is InChI=1S/C20H17F2N3O2/c21-15-8-14(9-16(22)11-15)19-18-13(2-1-5-23-18)10-17(24-19)25-6-3-12(4-7-25)20(26)27/h1-2,5,8-12H,3-4,6-7H2,(H,26,27). The number of carboxylic acid groups (broad SMARTS) is 1. The number of nitrogens with zero attached hydrogens (tertiary/aromatic N) is 3. The van der Waals surface area contributed by atoms with E-state index < -0.39 is 17.6 Å². The first kappa shape index (κ1) is 17.3. The molecule has 1 aliphatic heterocycles. The van der Waals surface area contributed by atoms with Crippen LogP contribution in [0.1, 0.15) is 12.8 Å². The maximum atomic E-state index is 13.7. The number of halogens is 2. The Bertz CT molecular complexity index is 997. The minimum Gasteiger partial charge on any atom is -0.481 e. The van der Waals surface area contributed by atoms with E-state index in [9.17, 15) is 13.6 Å². The Kier molecular flexibility index (Phi) is 4.43. The molecule has 5 nitrogen and oxygen atoms in total. The summed E-state index contributed by atoms with van der Waals surface area (Å²) in [6.07, 6.45) is 2.68. The molecule has 7 heteroatoms. The molecule has 0 radical (unpaired) electrons. The molecule has 138 valence electrons. The minimum atomic E-state index is -0.777. The van der Waals surface area contributed by atoms with Crippen molar-refractivity contribution in [3.05, 3.63) is 54.2 Å². The molecule has 1 aromatic carbocycles. The summed E-state index contributed by atoms with van der Waals surface area (Å²) in [4.78, 5) is 22.1. The van der Waals surface area contributed by atoms with Crippen LogP contribution in [-0.2, 0) is 4.79 Å². The third-order valence-electron chi connectivity index (χ3n) is 4.88. The van der Waals surface area contributed by atoms with Crippen LogP contribution in [0.2, 0.25) is 0 Å². The molecule has 0 bridgehead atoms. The quantitative estimate of drug-likeness (QED) is 0.759. The Morgan fingerprint density at radius 3 is 2.48 bits per heavy atom. The molecule has 1 aliphatic rings. The molecule has 0 atom stereocenters. The number of hydrogen-bond donors (Lipinski definition) is 1. The number of rotatable bonds is 3. The van der Waals surface area contributed by atoms with Gasteiger partial charge in [0.25, 0.3) is 0 Å². The van der Waals surface area contributed by atoms with E-state index in [2.05, 4.69) is 9.97 Å². The van der Waals surface area contributed by atoms with Gasteiger partial charge in [-0.3, -0.25) is 9.78 Å². The van der Waals surface area contributed by atoms with Crippen molar-refractivity contribution < 1.29 is 18.7 Å². The van der Waals surface area contributed by atoms with E-state index in [-0.39, 0.29) is 5.92 Å². The van der Waals surface area contributed by atoms with Gasteiger partial charge >= 0.3 is 5.97 Å². The second kappa shape index (κ2) is 6.90. The van der Waals surface area contributed by atoms with Crippen molar-refractivity contribution in [2.24, 2.45) is 5.92 Å². The van der Waals surface area contributed by atoms with Crippen LogP contribution in [0.25, 0.3) is 22.2 Å². The fraction of sp³-hybridized carbons (Fsp3) is 0.250. The molecular formula is C20H17F2N3O2. The summed E-state index contributed by atoms with van der Waals surface area (Å²) in [5.41, 5.74) is 1.28. The monoisotopic (exact) mass is 369 g/mol. The number of hydrogen-bond acceptors (Lipinski definition) is 4. The fourth-order valence-electron chi connectivity index (χ4n) is 3.48. The molecule has 2 aromatic heterocycles. The van der Waals surface area contributed by atoms with Crippen molar-refractivity contribution in [2.75, 3.05) is 18.0 Å². The zero-order valence-electron chi connectivity index (χ0n) is 14.4. The Labute approximate surface area is 154 Å². The predicted molar refractivity (Wildman–Crippen MR) is 97.5 cm³/mol. The average Bonchev–Trinajstić information content (AvgIpc) is 2.66. The molecular weight excluding hydrogens is 352 g/mol. The first-order valence-electron chi connectivity index (χ1n) is 8.71. The Morgan fingerprint density at radius 2 is 1.81 bits per heavy atom. The molecule has 1 saturated heterocycles. The van der Waals surface area contributed by atoms with Gasteiger partial charge in [0.05, 0.1) is 17.1 Å². The number of carboxylic acids is 1. The van der Waals surface area contributed by atoms with Crippen LogP contribution < -0.4 is 4.90 Å². The molecule has 0 unspecified atom stereocenters. The van der Waals surface area contributed by atoms with Crippen LogP contribution in [0, 0.1) is 17.6 Å². The van der Waals surface area contributed by atoms with E-state index >= 15 is 0 Å². The lowest BCUT2D eigenvalue weighted by Gasteiger charge is -2.31. The van der Waals surface area contributed by atoms with Gasteiger partial charge in [0.1, 0.15) is 17.5 Å². The molecule has 1 N–H and O–H groups in total. The largest absolute Gasteiger partial charge is 0.481 e. The fourth-order valence-corrected chi connectivity index (χ4v) is 3.48. The SMILES string of the molecule is O=C(O)C1CCN(c2cc3cccnc3c(-c3cc(F)cc(F)c3)n2)CC1. The van der Waals surface area contributed by atoms with Crippen LogP contribution in [0.3, 0.4) is 0 Å². The van der Waals surface area contributed by atoms with Gasteiger partial charge in [0, 0.05) is 36.3 Å². The Hall–Kier alpha value is -3.09. The predicted octanol–water partition coefficient (Wildman–Crippen LogP) is 3.88. The molecule has 4 rings (SSSR count). The number of piperidine rings is 1. The van der Waals surface area contributed by atoms with E-state index in [1.54, 1.807) is 12.3 Å². The van der Waals surface area contributed by atoms with Gasteiger partial charge < -0.3 is 10.0 Å². The number of benzene rings is 1. The molecule has 27 heavy (non-hydrogen) atoms. The van der Waals surface area contributed by atoms with Crippen molar-refractivity contribution in [3.8, 4) is 11.3 Å². The lowest BCUT2D eigenvalue weighted by molar-refractivity contribution is -0.142. The summed E-state index contributed by atoms with van der Waals surface area (Å²) in [5, 5.41) is 9.98. The number of fused-ring (bicyclic) bond motifs is 1. The van der Waals surface area contributed by atoms with Gasteiger partial charge in [-0.15, -0.1) is 0 Å². The highest BCUT2D eigenvalue weighted by molar-refractivity contribution is 5.93. The number of pyridine rings is 2. The summed E-state index contributed by atoms with van der Waals surface area (Å²) in [7, 11) is 0. The van der Waals surface area contributed by atoms with Crippen molar-refractivity contribution in [3.63, 3.8) is 0 Å².